The molecule has 4 nitrogen and oxygen atoms in total. The van der Waals surface area contributed by atoms with Gasteiger partial charge in [-0.25, -0.2) is 4.98 Å². The summed E-state index contributed by atoms with van der Waals surface area (Å²) in [7, 11) is 2.01. The lowest BCUT2D eigenvalue weighted by atomic mass is 9.81. The number of para-hydroxylation sites is 1. The minimum Gasteiger partial charge on any atom is -0.342 e. The first-order chi connectivity index (χ1) is 13.3. The van der Waals surface area contributed by atoms with Crippen LogP contribution in [-0.4, -0.2) is 42.5 Å². The van der Waals surface area contributed by atoms with Crippen molar-refractivity contribution in [3.8, 4) is 0 Å². The molecule has 0 spiro atoms. The molecular weight excluding hydrogens is 425 g/mol. The van der Waals surface area contributed by atoms with Gasteiger partial charge >= 0.3 is 0 Å². The van der Waals surface area contributed by atoms with Gasteiger partial charge in [0.15, 0.2) is 0 Å². The fourth-order valence-corrected chi connectivity index (χ4v) is 5.58. The lowest BCUT2D eigenvalue weighted by Crippen LogP contribution is -2.43. The third kappa shape index (κ3) is 5.52. The molecule has 0 saturated carbocycles. The first-order valence-corrected chi connectivity index (χ1v) is 11.0. The molecule has 2 heterocycles. The molecule has 160 valence electrons. The van der Waals surface area contributed by atoms with Gasteiger partial charge in [-0.2, -0.15) is 0 Å². The number of hydrogen-bond donors (Lipinski definition) is 1. The molecule has 1 saturated heterocycles. The van der Waals surface area contributed by atoms with Crippen LogP contribution in [0.2, 0.25) is 0 Å². The zero-order valence-corrected chi connectivity index (χ0v) is 19.3. The Bertz CT molecular complexity index is 784. The van der Waals surface area contributed by atoms with Gasteiger partial charge in [0.1, 0.15) is 0 Å². The minimum atomic E-state index is 0. The Morgan fingerprint density at radius 1 is 1.17 bits per heavy atom. The van der Waals surface area contributed by atoms with E-state index in [1.54, 1.807) is 11.3 Å². The second kappa shape index (κ2) is 11.3. The number of nitrogens with zero attached hydrogens (tertiary/aromatic N) is 2. The van der Waals surface area contributed by atoms with Gasteiger partial charge in [0.2, 0.25) is 5.91 Å². The maximum Gasteiger partial charge on any atom is 0.226 e. The molecule has 1 fully saturated rings. The Labute approximate surface area is 190 Å². The fraction of sp³-hybridized carbons (Fsp3) is 0.545. The molecule has 1 aromatic carbocycles. The molecule has 1 amide bonds. The number of allylic oxidation sites excluding steroid dienone is 2. The van der Waals surface area contributed by atoms with Gasteiger partial charge in [-0.1, -0.05) is 24.3 Å². The van der Waals surface area contributed by atoms with E-state index in [1.165, 1.54) is 11.1 Å². The summed E-state index contributed by atoms with van der Waals surface area (Å²) in [5, 5.41) is 4.37. The highest BCUT2D eigenvalue weighted by Gasteiger charge is 2.36. The summed E-state index contributed by atoms with van der Waals surface area (Å²) in [5.74, 6) is 1.37. The first kappa shape index (κ1) is 24.1. The summed E-state index contributed by atoms with van der Waals surface area (Å²) in [6.45, 7) is 2.91. The van der Waals surface area contributed by atoms with E-state index in [0.717, 1.165) is 61.8 Å². The quantitative estimate of drug-likeness (QED) is 0.642. The van der Waals surface area contributed by atoms with E-state index < -0.39 is 0 Å². The number of amides is 1. The number of thiazole rings is 1. The van der Waals surface area contributed by atoms with Gasteiger partial charge in [0.05, 0.1) is 21.1 Å². The van der Waals surface area contributed by atoms with E-state index in [1.807, 2.05) is 13.1 Å². The molecule has 2 atom stereocenters. The van der Waals surface area contributed by atoms with Gasteiger partial charge < -0.3 is 10.2 Å². The summed E-state index contributed by atoms with van der Waals surface area (Å²) >= 11 is 1.76. The number of likely N-dealkylation sites (tertiary alicyclic amines) is 1. The summed E-state index contributed by atoms with van der Waals surface area (Å²) in [6, 6.07) is 8.29. The van der Waals surface area contributed by atoms with Gasteiger partial charge in [-0.3, -0.25) is 4.79 Å². The number of halogens is 2. The molecule has 1 aliphatic carbocycles. The Balaban J connectivity index is 0.00000150. The van der Waals surface area contributed by atoms with Crippen LogP contribution in [0.4, 0.5) is 0 Å². The predicted octanol–water partition coefficient (Wildman–Crippen LogP) is 5.04. The van der Waals surface area contributed by atoms with Crippen LogP contribution < -0.4 is 5.32 Å². The van der Waals surface area contributed by atoms with Crippen molar-refractivity contribution in [3.63, 3.8) is 0 Å². The van der Waals surface area contributed by atoms with Gasteiger partial charge in [0, 0.05) is 19.0 Å². The fourth-order valence-electron chi connectivity index (χ4n) is 4.43. The zero-order valence-electron chi connectivity index (χ0n) is 16.9. The van der Waals surface area contributed by atoms with E-state index in [0.29, 0.717) is 5.91 Å². The zero-order chi connectivity index (χ0) is 18.6. The van der Waals surface area contributed by atoms with Crippen molar-refractivity contribution in [2.45, 2.75) is 38.0 Å². The molecule has 2 aliphatic rings. The Morgan fingerprint density at radius 3 is 2.62 bits per heavy atom. The molecule has 4 rings (SSSR count). The largest absolute Gasteiger partial charge is 0.342 e. The van der Waals surface area contributed by atoms with Crippen molar-refractivity contribution in [3.05, 3.63) is 41.4 Å². The van der Waals surface area contributed by atoms with Crippen molar-refractivity contribution >= 4 is 52.3 Å². The molecule has 1 aliphatic heterocycles. The summed E-state index contributed by atoms with van der Waals surface area (Å²) in [4.78, 5) is 20.3. The van der Waals surface area contributed by atoms with Crippen LogP contribution in [0.5, 0.6) is 0 Å². The molecule has 0 bridgehead atoms. The Morgan fingerprint density at radius 2 is 1.90 bits per heavy atom. The van der Waals surface area contributed by atoms with Crippen molar-refractivity contribution < 1.29 is 4.79 Å². The van der Waals surface area contributed by atoms with Crippen molar-refractivity contribution in [2.75, 3.05) is 26.7 Å². The normalized spacial score (nSPS) is 22.2. The number of aromatic nitrogens is 1. The van der Waals surface area contributed by atoms with E-state index in [-0.39, 0.29) is 36.6 Å². The highest BCUT2D eigenvalue weighted by molar-refractivity contribution is 7.18. The third-order valence-corrected chi connectivity index (χ3v) is 7.27. The first-order valence-electron chi connectivity index (χ1n) is 10.2. The molecule has 1 aromatic heterocycles. The van der Waals surface area contributed by atoms with Crippen LogP contribution in [-0.2, 0) is 4.79 Å². The van der Waals surface area contributed by atoms with E-state index in [9.17, 15) is 4.79 Å². The third-order valence-electron chi connectivity index (χ3n) is 6.11. The average molecular weight is 456 g/mol. The Hall–Kier alpha value is -1.14. The highest BCUT2D eigenvalue weighted by Crippen LogP contribution is 2.39. The summed E-state index contributed by atoms with van der Waals surface area (Å²) < 4.78 is 1.22. The van der Waals surface area contributed by atoms with Crippen LogP contribution in [0.1, 0.15) is 43.0 Å². The second-order valence-electron chi connectivity index (χ2n) is 7.84. The number of carbonyl (C=O) groups is 1. The SMILES string of the molecule is CNCCC1CCN(C(=O)C2CC=CCC2c2nc3ccccc3s2)CC1.Cl.Cl. The molecule has 29 heavy (non-hydrogen) atoms. The minimum absolute atomic E-state index is 0. The topological polar surface area (TPSA) is 45.2 Å². The second-order valence-corrected chi connectivity index (χ2v) is 8.90. The maximum absolute atomic E-state index is 13.3. The molecule has 7 heteroatoms. The maximum atomic E-state index is 13.3. The van der Waals surface area contributed by atoms with E-state index >= 15 is 0 Å². The number of carbonyl (C=O) groups excluding carboxylic acids is 1. The van der Waals surface area contributed by atoms with Crippen LogP contribution in [0.15, 0.2) is 36.4 Å². The van der Waals surface area contributed by atoms with Crippen LogP contribution in [0.25, 0.3) is 10.2 Å². The van der Waals surface area contributed by atoms with Gasteiger partial charge in [0.25, 0.3) is 0 Å². The van der Waals surface area contributed by atoms with Crippen LogP contribution >= 0.6 is 36.2 Å². The van der Waals surface area contributed by atoms with Crippen molar-refractivity contribution in [2.24, 2.45) is 11.8 Å². The smallest absolute Gasteiger partial charge is 0.226 e. The van der Waals surface area contributed by atoms with Crippen molar-refractivity contribution in [1.82, 2.24) is 15.2 Å². The van der Waals surface area contributed by atoms with Crippen LogP contribution in [0.3, 0.4) is 0 Å². The molecule has 2 aromatic rings. The molecule has 1 N–H and O–H groups in total. The van der Waals surface area contributed by atoms with Gasteiger partial charge in [-0.05, 0) is 63.7 Å². The molecular formula is C22H31Cl2N3OS. The number of piperidine rings is 1. The number of benzene rings is 1. The number of rotatable bonds is 5. The standard InChI is InChI=1S/C22H29N3OS.2ClH/c1-23-13-10-16-11-14-25(15-12-16)22(26)18-7-3-2-6-17(18)21-24-19-8-4-5-9-20(19)27-21;;/h2-5,8-9,16-18,23H,6-7,10-15H2,1H3;2*1H. The highest BCUT2D eigenvalue weighted by atomic mass is 35.5. The molecule has 0 radical (unpaired) electrons. The van der Waals surface area contributed by atoms with E-state index in [2.05, 4.69) is 40.6 Å². The molecule has 2 unspecified atom stereocenters. The predicted molar refractivity (Wildman–Crippen MR) is 127 cm³/mol. The summed E-state index contributed by atoms with van der Waals surface area (Å²) in [6.07, 6.45) is 9.69. The number of fused-ring (bicyclic) bond motifs is 1. The number of nitrogens with one attached hydrogen (secondary N) is 1. The number of hydrogen-bond acceptors (Lipinski definition) is 4. The summed E-state index contributed by atoms with van der Waals surface area (Å²) in [5.41, 5.74) is 1.06. The monoisotopic (exact) mass is 455 g/mol. The van der Waals surface area contributed by atoms with E-state index in [4.69, 9.17) is 4.98 Å². The lowest BCUT2D eigenvalue weighted by Gasteiger charge is -2.36. The van der Waals surface area contributed by atoms with Gasteiger partial charge in [-0.15, -0.1) is 36.2 Å². The average Bonchev–Trinajstić information content (AvgIpc) is 3.16. The van der Waals surface area contributed by atoms with Crippen LogP contribution in [0, 0.1) is 11.8 Å². The Kier molecular flexibility index (Phi) is 9.41. The van der Waals surface area contributed by atoms with Crippen molar-refractivity contribution in [1.29, 1.82) is 0 Å². The lowest BCUT2D eigenvalue weighted by molar-refractivity contribution is -0.137.